The molecule has 0 saturated carbocycles. The van der Waals surface area contributed by atoms with E-state index >= 15 is 0 Å². The third kappa shape index (κ3) is 15.3. The lowest BCUT2D eigenvalue weighted by Gasteiger charge is -2.25. The Morgan fingerprint density at radius 2 is 1.38 bits per heavy atom. The van der Waals surface area contributed by atoms with E-state index in [2.05, 4.69) is 37.2 Å². The molecule has 0 aliphatic heterocycles. The third-order valence-electron chi connectivity index (χ3n) is 8.26. The number of hydrogen-bond donors (Lipinski definition) is 6. The van der Waals surface area contributed by atoms with Crippen molar-refractivity contribution in [1.82, 2.24) is 21.3 Å². The van der Waals surface area contributed by atoms with E-state index in [4.69, 9.17) is 15.6 Å². The lowest BCUT2D eigenvalue weighted by molar-refractivity contribution is -0.192. The highest BCUT2D eigenvalue weighted by molar-refractivity contribution is 9.10. The SMILES string of the molecule is CC(C)[C@H](NC(=O)[C@H](C)NC[C@H](Cc1ccccc1)NC(=O)c1cc(C(=O)N[C@H](C)c2ccc(Br)cc2)cc(N(C)S(C)(=O)=O)c1)C(N)=O.O=C(O)C(F)(F)F. The Balaban J connectivity index is 0.00000141. The number of halogens is 4. The summed E-state index contributed by atoms with van der Waals surface area (Å²) in [5.41, 5.74) is 7.53. The first-order valence-electron chi connectivity index (χ1n) is 17.0. The maximum Gasteiger partial charge on any atom is 0.490 e. The van der Waals surface area contributed by atoms with Gasteiger partial charge < -0.3 is 32.1 Å². The van der Waals surface area contributed by atoms with Gasteiger partial charge in [0.15, 0.2) is 0 Å². The van der Waals surface area contributed by atoms with Gasteiger partial charge in [0.25, 0.3) is 11.8 Å². The number of anilines is 1. The fourth-order valence-electron chi connectivity index (χ4n) is 4.96. The van der Waals surface area contributed by atoms with E-state index in [0.29, 0.717) is 6.42 Å². The molecule has 3 aromatic carbocycles. The van der Waals surface area contributed by atoms with Gasteiger partial charge >= 0.3 is 12.1 Å². The minimum absolute atomic E-state index is 0.0690. The number of alkyl halides is 3. The van der Waals surface area contributed by atoms with Crippen LogP contribution in [-0.4, -0.2) is 87.3 Å². The van der Waals surface area contributed by atoms with Crippen LogP contribution in [0, 0.1) is 5.92 Å². The quantitative estimate of drug-likeness (QED) is 0.123. The van der Waals surface area contributed by atoms with Gasteiger partial charge in [0.05, 0.1) is 24.0 Å². The van der Waals surface area contributed by atoms with E-state index in [1.807, 2.05) is 61.5 Å². The van der Waals surface area contributed by atoms with Gasteiger partial charge in [-0.2, -0.15) is 13.2 Å². The van der Waals surface area contributed by atoms with Gasteiger partial charge in [0.2, 0.25) is 21.8 Å². The smallest absolute Gasteiger partial charge is 0.475 e. The number of carboxylic acid groups (broad SMARTS) is 1. The normalized spacial score (nSPS) is 13.6. The molecule has 0 bridgehead atoms. The summed E-state index contributed by atoms with van der Waals surface area (Å²) in [7, 11) is -2.39. The number of nitrogens with two attached hydrogens (primary N) is 1. The molecule has 56 heavy (non-hydrogen) atoms. The topological polar surface area (TPSA) is 217 Å². The van der Waals surface area contributed by atoms with E-state index in [9.17, 15) is 40.8 Å². The van der Waals surface area contributed by atoms with E-state index in [0.717, 1.165) is 26.2 Å². The number of carbonyl (C=O) groups excluding carboxylic acids is 4. The van der Waals surface area contributed by atoms with Gasteiger partial charge in [-0.25, -0.2) is 13.2 Å². The molecule has 0 radical (unpaired) electrons. The van der Waals surface area contributed by atoms with E-state index in [1.54, 1.807) is 20.8 Å². The van der Waals surface area contributed by atoms with Crippen LogP contribution in [0.3, 0.4) is 0 Å². The van der Waals surface area contributed by atoms with Crippen molar-refractivity contribution in [3.63, 3.8) is 0 Å². The largest absolute Gasteiger partial charge is 0.490 e. The molecule has 0 heterocycles. The lowest BCUT2D eigenvalue weighted by Crippen LogP contribution is -2.54. The number of carbonyl (C=O) groups is 5. The van der Waals surface area contributed by atoms with Crippen LogP contribution in [0.15, 0.2) is 77.3 Å². The monoisotopic (exact) mass is 870 g/mol. The van der Waals surface area contributed by atoms with Crippen molar-refractivity contribution in [2.24, 2.45) is 11.7 Å². The van der Waals surface area contributed by atoms with Crippen molar-refractivity contribution >= 4 is 61.2 Å². The maximum atomic E-state index is 13.8. The highest BCUT2D eigenvalue weighted by Crippen LogP contribution is 2.23. The first kappa shape index (κ1) is 47.1. The molecule has 306 valence electrons. The summed E-state index contributed by atoms with van der Waals surface area (Å²) < 4.78 is 58.6. The second-order valence-corrected chi connectivity index (χ2v) is 16.1. The summed E-state index contributed by atoms with van der Waals surface area (Å²) in [6.45, 7) is 7.18. The van der Waals surface area contributed by atoms with Crippen LogP contribution in [0.4, 0.5) is 18.9 Å². The van der Waals surface area contributed by atoms with Crippen molar-refractivity contribution in [2.45, 2.75) is 64.5 Å². The Morgan fingerprint density at radius 3 is 1.84 bits per heavy atom. The number of amides is 4. The molecule has 7 N–H and O–H groups in total. The lowest BCUT2D eigenvalue weighted by atomic mass is 10.0. The second kappa shape index (κ2) is 20.8. The van der Waals surface area contributed by atoms with E-state index < -0.39 is 63.9 Å². The number of benzene rings is 3. The zero-order valence-corrected chi connectivity index (χ0v) is 33.9. The van der Waals surface area contributed by atoms with Crippen LogP contribution in [0.2, 0.25) is 0 Å². The van der Waals surface area contributed by atoms with Crippen LogP contribution in [0.25, 0.3) is 0 Å². The van der Waals surface area contributed by atoms with Crippen LogP contribution < -0.4 is 31.3 Å². The van der Waals surface area contributed by atoms with Crippen molar-refractivity contribution in [1.29, 1.82) is 0 Å². The Hall–Kier alpha value is -5.01. The van der Waals surface area contributed by atoms with Crippen molar-refractivity contribution in [3.05, 3.63) is 99.5 Å². The van der Waals surface area contributed by atoms with Gasteiger partial charge in [-0.05, 0) is 67.6 Å². The molecule has 14 nitrogen and oxygen atoms in total. The zero-order valence-electron chi connectivity index (χ0n) is 31.5. The maximum absolute atomic E-state index is 13.8. The zero-order chi connectivity index (χ0) is 42.5. The number of primary amides is 1. The minimum Gasteiger partial charge on any atom is -0.475 e. The van der Waals surface area contributed by atoms with Crippen LogP contribution in [0.1, 0.15) is 65.6 Å². The van der Waals surface area contributed by atoms with Crippen molar-refractivity contribution in [3.8, 4) is 0 Å². The summed E-state index contributed by atoms with van der Waals surface area (Å²) in [6.07, 6.45) is -3.66. The number of carboxylic acids is 1. The molecule has 3 aromatic rings. The standard InChI is InChI=1S/C35H45BrN6O6S.C2HF3O2/c1-21(2)31(32(37)43)41-33(44)23(4)38-20-29(16-24-10-8-7-9-11-24)40-35(46)27-17-26(18-30(19-27)42(5)49(6,47)48)34(45)39-22(3)25-12-14-28(36)15-13-25;3-2(4,5)1(6)7/h7-15,17-19,21-23,29,31,38H,16,20H2,1-6H3,(H2,37,43)(H,39,45)(H,40,46)(H,41,44);(H,6,7)/t22-,23+,29+,31+;/m1./s1. The van der Waals surface area contributed by atoms with E-state index in [-0.39, 0.29) is 35.3 Å². The Morgan fingerprint density at radius 1 is 0.857 bits per heavy atom. The molecule has 0 fully saturated rings. The molecule has 0 aromatic heterocycles. The van der Waals surface area contributed by atoms with Crippen molar-refractivity contribution < 1.29 is 50.7 Å². The highest BCUT2D eigenvalue weighted by Gasteiger charge is 2.38. The van der Waals surface area contributed by atoms with Crippen LogP contribution >= 0.6 is 15.9 Å². The second-order valence-electron chi connectivity index (χ2n) is 13.2. The first-order valence-corrected chi connectivity index (χ1v) is 19.7. The number of aliphatic carboxylic acids is 1. The Bertz CT molecular complexity index is 1950. The average Bonchev–Trinajstić information content (AvgIpc) is 3.11. The van der Waals surface area contributed by atoms with Crippen molar-refractivity contribution in [2.75, 3.05) is 24.2 Å². The summed E-state index contributed by atoms with van der Waals surface area (Å²) in [5.74, 6) is -5.06. The van der Waals surface area contributed by atoms with Crippen LogP contribution in [-0.2, 0) is 30.8 Å². The molecule has 0 saturated heterocycles. The molecule has 19 heteroatoms. The molecule has 0 aliphatic rings. The predicted molar refractivity (Wildman–Crippen MR) is 208 cm³/mol. The third-order valence-corrected chi connectivity index (χ3v) is 9.99. The Labute approximate surface area is 332 Å². The number of nitrogens with one attached hydrogen (secondary N) is 4. The molecular formula is C37H46BrF3N6O8S. The van der Waals surface area contributed by atoms with E-state index in [1.165, 1.54) is 25.2 Å². The molecule has 0 spiro atoms. The molecule has 0 aliphatic carbocycles. The summed E-state index contributed by atoms with van der Waals surface area (Å²) in [6, 6.07) is 18.7. The summed E-state index contributed by atoms with van der Waals surface area (Å²) >= 11 is 3.40. The van der Waals surface area contributed by atoms with Crippen LogP contribution in [0.5, 0.6) is 0 Å². The molecule has 4 atom stereocenters. The minimum atomic E-state index is -5.08. The van der Waals surface area contributed by atoms with Gasteiger partial charge in [0.1, 0.15) is 6.04 Å². The molecule has 4 amide bonds. The van der Waals surface area contributed by atoms with Gasteiger partial charge in [-0.3, -0.25) is 23.5 Å². The first-order chi connectivity index (χ1) is 25.9. The van der Waals surface area contributed by atoms with Gasteiger partial charge in [-0.15, -0.1) is 0 Å². The predicted octanol–water partition coefficient (Wildman–Crippen LogP) is 3.91. The summed E-state index contributed by atoms with van der Waals surface area (Å²) in [5, 5.41) is 18.8. The molecular weight excluding hydrogens is 825 g/mol. The average molecular weight is 872 g/mol. The fourth-order valence-corrected chi connectivity index (χ4v) is 5.71. The Kier molecular flexibility index (Phi) is 17.5. The molecule has 0 unspecified atom stereocenters. The highest BCUT2D eigenvalue weighted by atomic mass is 79.9. The fraction of sp³-hybridized carbons (Fsp3) is 0.378. The number of hydrogen-bond acceptors (Lipinski definition) is 8. The van der Waals surface area contributed by atoms with Gasteiger partial charge in [0, 0.05) is 35.2 Å². The van der Waals surface area contributed by atoms with Gasteiger partial charge in [-0.1, -0.05) is 72.2 Å². The number of nitrogens with zero attached hydrogens (tertiary/aromatic N) is 1. The summed E-state index contributed by atoms with van der Waals surface area (Å²) in [4.78, 5) is 60.9. The number of rotatable bonds is 16. The molecule has 3 rings (SSSR count). The number of sulfonamides is 1.